The largest absolute Gasteiger partial charge is 0.458 e. The normalized spacial score (nSPS) is 23.6. The van der Waals surface area contributed by atoms with Gasteiger partial charge in [-0.25, -0.2) is 4.79 Å². The van der Waals surface area contributed by atoms with Crippen LogP contribution in [-0.4, -0.2) is 34.7 Å². The monoisotopic (exact) mass is 647 g/mol. The van der Waals surface area contributed by atoms with Crippen molar-refractivity contribution in [3.05, 3.63) is 107 Å². The minimum absolute atomic E-state index is 0.0434. The molecular weight excluding hydrogens is 608 g/mol. The molecule has 3 aromatic rings. The van der Waals surface area contributed by atoms with E-state index in [1.54, 1.807) is 20.8 Å². The number of benzene rings is 3. The summed E-state index contributed by atoms with van der Waals surface area (Å²) in [6, 6.07) is 21.2. The third-order valence-corrected chi connectivity index (χ3v) is 9.00. The Hall–Kier alpha value is -3.37. The lowest BCUT2D eigenvalue weighted by molar-refractivity contribution is -0.173. The van der Waals surface area contributed by atoms with Crippen LogP contribution in [0.5, 0.6) is 0 Å². The molecule has 5 unspecified atom stereocenters. The van der Waals surface area contributed by atoms with Gasteiger partial charge in [-0.2, -0.15) is 26.3 Å². The molecule has 0 saturated carbocycles. The Balaban J connectivity index is 1.55. The summed E-state index contributed by atoms with van der Waals surface area (Å²) in [5.74, 6) is -0.837. The average Bonchev–Trinajstić information content (AvgIpc) is 3.17. The summed E-state index contributed by atoms with van der Waals surface area (Å²) in [5.41, 5.74) is -2.42. The Kier molecular flexibility index (Phi) is 9.36. The van der Waals surface area contributed by atoms with E-state index in [1.165, 1.54) is 0 Å². The molecule has 0 aromatic heterocycles. The van der Waals surface area contributed by atoms with Gasteiger partial charge in [-0.1, -0.05) is 60.7 Å². The molecule has 0 radical (unpaired) electrons. The van der Waals surface area contributed by atoms with Crippen molar-refractivity contribution in [1.82, 2.24) is 4.90 Å². The van der Waals surface area contributed by atoms with Crippen molar-refractivity contribution >= 4 is 5.97 Å². The third-order valence-electron chi connectivity index (χ3n) is 9.00. The van der Waals surface area contributed by atoms with Crippen LogP contribution in [0.1, 0.15) is 87.2 Å². The highest BCUT2D eigenvalue weighted by atomic mass is 19.4. The number of halogens is 6. The van der Waals surface area contributed by atoms with Gasteiger partial charge in [0.1, 0.15) is 5.60 Å². The maximum Gasteiger partial charge on any atom is 0.416 e. The standard InChI is InChI=1S/C36H39F6NO3/c1-23(25-12-7-5-8-13-25)43-29-16-11-17-34(43,26-14-9-6-10-15-26)22-31(29)45-30(32(44)46-33(2,3)4)20-24-18-27(35(37,38)39)21-28(19-24)36(40,41)42/h5-10,12-15,18-19,21,23,29-31H,11,16-17,20,22H2,1-4H3. The molecule has 4 nitrogen and oxygen atoms in total. The second-order valence-corrected chi connectivity index (χ2v) is 13.4. The van der Waals surface area contributed by atoms with Crippen molar-refractivity contribution in [2.24, 2.45) is 0 Å². The van der Waals surface area contributed by atoms with Gasteiger partial charge in [0, 0.05) is 24.0 Å². The zero-order valence-electron chi connectivity index (χ0n) is 26.3. The summed E-state index contributed by atoms with van der Waals surface area (Å²) in [5, 5.41) is 0. The molecule has 2 heterocycles. The fourth-order valence-corrected chi connectivity index (χ4v) is 7.20. The smallest absolute Gasteiger partial charge is 0.416 e. The number of esters is 1. The van der Waals surface area contributed by atoms with E-state index in [0.29, 0.717) is 18.6 Å². The van der Waals surface area contributed by atoms with E-state index in [-0.39, 0.29) is 23.7 Å². The molecule has 0 amide bonds. The highest BCUT2D eigenvalue weighted by molar-refractivity contribution is 5.75. The molecule has 2 bridgehead atoms. The van der Waals surface area contributed by atoms with Crippen molar-refractivity contribution in [2.75, 3.05) is 0 Å². The van der Waals surface area contributed by atoms with Crippen molar-refractivity contribution in [3.63, 3.8) is 0 Å². The highest BCUT2D eigenvalue weighted by Gasteiger charge is 2.57. The summed E-state index contributed by atoms with van der Waals surface area (Å²) >= 11 is 0. The molecule has 0 spiro atoms. The Morgan fingerprint density at radius 3 is 2.00 bits per heavy atom. The Morgan fingerprint density at radius 1 is 0.891 bits per heavy atom. The van der Waals surface area contributed by atoms with Gasteiger partial charge in [0.05, 0.1) is 17.2 Å². The summed E-state index contributed by atoms with van der Waals surface area (Å²) in [6.45, 7) is 7.05. The fraction of sp³-hybridized carbons (Fsp3) is 0.472. The first kappa shape index (κ1) is 34.0. The maximum atomic E-state index is 13.7. The van der Waals surface area contributed by atoms with Crippen LogP contribution in [0.4, 0.5) is 26.3 Å². The SMILES string of the molecule is CC(c1ccccc1)N1C2CCCC1(c1ccccc1)CC2OC(Cc1cc(C(F)(F)F)cc(C(F)(F)F)c1)C(=O)OC(C)(C)C. The van der Waals surface area contributed by atoms with Crippen molar-refractivity contribution in [3.8, 4) is 0 Å². The number of alkyl halides is 6. The van der Waals surface area contributed by atoms with Crippen LogP contribution in [0.15, 0.2) is 78.9 Å². The Labute approximate surface area is 265 Å². The minimum Gasteiger partial charge on any atom is -0.458 e. The second-order valence-electron chi connectivity index (χ2n) is 13.4. The van der Waals surface area contributed by atoms with Crippen molar-refractivity contribution in [2.45, 2.75) is 108 Å². The number of piperidine rings is 1. The van der Waals surface area contributed by atoms with Crippen LogP contribution in [0.25, 0.3) is 0 Å². The molecule has 2 fully saturated rings. The zero-order chi connectivity index (χ0) is 33.5. The van der Waals surface area contributed by atoms with E-state index in [9.17, 15) is 31.1 Å². The fourth-order valence-electron chi connectivity index (χ4n) is 7.20. The van der Waals surface area contributed by atoms with Crippen LogP contribution < -0.4 is 0 Å². The first-order valence-corrected chi connectivity index (χ1v) is 15.5. The zero-order valence-corrected chi connectivity index (χ0v) is 26.3. The average molecular weight is 648 g/mol. The predicted octanol–water partition coefficient (Wildman–Crippen LogP) is 9.28. The van der Waals surface area contributed by atoms with Gasteiger partial charge in [0.15, 0.2) is 6.10 Å². The van der Waals surface area contributed by atoms with Crippen LogP contribution in [0.2, 0.25) is 0 Å². The summed E-state index contributed by atoms with van der Waals surface area (Å²) in [6.07, 6.45) is -9.57. The van der Waals surface area contributed by atoms with Gasteiger partial charge in [-0.05, 0) is 88.3 Å². The van der Waals surface area contributed by atoms with E-state index in [1.807, 2.05) is 36.4 Å². The molecule has 2 aliphatic rings. The molecule has 0 N–H and O–H groups in total. The van der Waals surface area contributed by atoms with E-state index >= 15 is 0 Å². The number of nitrogens with zero attached hydrogens (tertiary/aromatic N) is 1. The minimum atomic E-state index is -5.02. The predicted molar refractivity (Wildman–Crippen MR) is 162 cm³/mol. The van der Waals surface area contributed by atoms with Crippen LogP contribution in [-0.2, 0) is 38.6 Å². The number of carbonyl (C=O) groups is 1. The molecule has 10 heteroatoms. The molecule has 46 heavy (non-hydrogen) atoms. The summed E-state index contributed by atoms with van der Waals surface area (Å²) in [4.78, 5) is 16.0. The molecule has 3 aromatic carbocycles. The summed E-state index contributed by atoms with van der Waals surface area (Å²) < 4.78 is 94.4. The molecule has 0 aliphatic carbocycles. The Bertz CT molecular complexity index is 1470. The van der Waals surface area contributed by atoms with Crippen LogP contribution in [0, 0.1) is 0 Å². The third kappa shape index (κ3) is 7.28. The molecule has 5 atom stereocenters. The van der Waals surface area contributed by atoms with Gasteiger partial charge in [0.25, 0.3) is 0 Å². The van der Waals surface area contributed by atoms with Gasteiger partial charge in [-0.3, -0.25) is 4.90 Å². The summed E-state index contributed by atoms with van der Waals surface area (Å²) in [7, 11) is 0. The second kappa shape index (κ2) is 12.7. The highest BCUT2D eigenvalue weighted by Crippen LogP contribution is 2.55. The quantitative estimate of drug-likeness (QED) is 0.181. The number of fused-ring (bicyclic) bond motifs is 2. The molecule has 2 saturated heterocycles. The van der Waals surface area contributed by atoms with E-state index in [2.05, 4.69) is 36.1 Å². The van der Waals surface area contributed by atoms with Crippen molar-refractivity contribution in [1.29, 1.82) is 0 Å². The molecular formula is C36H39F6NO3. The first-order chi connectivity index (χ1) is 21.5. The van der Waals surface area contributed by atoms with Gasteiger partial charge in [0.2, 0.25) is 0 Å². The lowest BCUT2D eigenvalue weighted by atomic mass is 9.80. The van der Waals surface area contributed by atoms with Crippen LogP contribution >= 0.6 is 0 Å². The number of ether oxygens (including phenoxy) is 2. The van der Waals surface area contributed by atoms with E-state index in [0.717, 1.165) is 30.4 Å². The van der Waals surface area contributed by atoms with E-state index in [4.69, 9.17) is 9.47 Å². The first-order valence-electron chi connectivity index (χ1n) is 15.5. The number of hydrogen-bond donors (Lipinski definition) is 0. The molecule has 248 valence electrons. The lowest BCUT2D eigenvalue weighted by Gasteiger charge is -2.48. The number of hydrogen-bond acceptors (Lipinski definition) is 4. The topological polar surface area (TPSA) is 38.8 Å². The maximum absolute atomic E-state index is 13.7. The molecule has 5 rings (SSSR count). The van der Waals surface area contributed by atoms with Gasteiger partial charge >= 0.3 is 18.3 Å². The van der Waals surface area contributed by atoms with E-state index < -0.39 is 59.2 Å². The van der Waals surface area contributed by atoms with Crippen molar-refractivity contribution < 1.29 is 40.6 Å². The number of rotatable bonds is 8. The number of carbonyl (C=O) groups excluding carboxylic acids is 1. The van der Waals surface area contributed by atoms with Crippen LogP contribution in [0.3, 0.4) is 0 Å². The van der Waals surface area contributed by atoms with Gasteiger partial charge in [-0.15, -0.1) is 0 Å². The Morgan fingerprint density at radius 2 is 1.46 bits per heavy atom. The molecule has 2 aliphatic heterocycles. The lowest BCUT2D eigenvalue weighted by Crippen LogP contribution is -2.50. The van der Waals surface area contributed by atoms with Gasteiger partial charge < -0.3 is 9.47 Å².